The summed E-state index contributed by atoms with van der Waals surface area (Å²) in [6.45, 7) is 1.08. The van der Waals surface area contributed by atoms with Gasteiger partial charge in [-0.2, -0.15) is 0 Å². The number of ether oxygens (including phenoxy) is 1. The molecule has 0 unspecified atom stereocenters. The van der Waals surface area contributed by atoms with Crippen molar-refractivity contribution in [2.75, 3.05) is 26.7 Å². The fourth-order valence-electron chi connectivity index (χ4n) is 1.92. The third-order valence-corrected chi connectivity index (χ3v) is 3.56. The van der Waals surface area contributed by atoms with Crippen LogP contribution in [0.3, 0.4) is 0 Å². The summed E-state index contributed by atoms with van der Waals surface area (Å²) in [5, 5.41) is 3.28. The van der Waals surface area contributed by atoms with Crippen LogP contribution in [0.5, 0.6) is 5.75 Å². The zero-order valence-corrected chi connectivity index (χ0v) is 14.1. The molecular formula is C17H19ClN2O4. The molecule has 0 bridgehead atoms. The van der Waals surface area contributed by atoms with Crippen molar-refractivity contribution in [3.8, 4) is 5.75 Å². The van der Waals surface area contributed by atoms with E-state index in [1.807, 2.05) is 0 Å². The summed E-state index contributed by atoms with van der Waals surface area (Å²) in [5.74, 6) is 0.522. The van der Waals surface area contributed by atoms with Gasteiger partial charge in [0.2, 0.25) is 5.91 Å². The summed E-state index contributed by atoms with van der Waals surface area (Å²) in [5.41, 5.74) is 0. The Bertz CT molecular complexity index is 656. The van der Waals surface area contributed by atoms with E-state index in [-0.39, 0.29) is 30.5 Å². The minimum Gasteiger partial charge on any atom is -0.492 e. The second kappa shape index (κ2) is 8.98. The molecule has 0 saturated heterocycles. The monoisotopic (exact) mass is 350 g/mol. The summed E-state index contributed by atoms with van der Waals surface area (Å²) in [4.78, 5) is 25.2. The van der Waals surface area contributed by atoms with E-state index in [1.165, 1.54) is 6.26 Å². The molecule has 0 atom stereocenters. The largest absolute Gasteiger partial charge is 0.492 e. The lowest BCUT2D eigenvalue weighted by molar-refractivity contribution is -0.130. The molecule has 0 aliphatic rings. The average Bonchev–Trinajstić information content (AvgIpc) is 3.11. The van der Waals surface area contributed by atoms with Crippen LogP contribution in [0.25, 0.3) is 0 Å². The van der Waals surface area contributed by atoms with Crippen LogP contribution >= 0.6 is 11.6 Å². The standard InChI is InChI=1S/C17H19ClN2O4/c1-20(10-12-23-14-6-4-13(18)5-7-14)16(21)8-9-19-17(22)15-3-2-11-24-15/h2-7,11H,8-10,12H2,1H3,(H,19,22). The quantitative estimate of drug-likeness (QED) is 0.794. The smallest absolute Gasteiger partial charge is 0.286 e. The first kappa shape index (κ1) is 17.9. The van der Waals surface area contributed by atoms with Crippen molar-refractivity contribution in [2.45, 2.75) is 6.42 Å². The predicted molar refractivity (Wildman–Crippen MR) is 90.2 cm³/mol. The van der Waals surface area contributed by atoms with Gasteiger partial charge in [0, 0.05) is 25.0 Å². The van der Waals surface area contributed by atoms with Gasteiger partial charge in [0.25, 0.3) is 5.91 Å². The zero-order valence-electron chi connectivity index (χ0n) is 13.3. The number of amides is 2. The van der Waals surface area contributed by atoms with E-state index in [4.69, 9.17) is 20.8 Å². The lowest BCUT2D eigenvalue weighted by atomic mass is 10.3. The lowest BCUT2D eigenvalue weighted by Crippen LogP contribution is -2.34. The number of carbonyl (C=O) groups is 2. The highest BCUT2D eigenvalue weighted by Gasteiger charge is 2.11. The van der Waals surface area contributed by atoms with E-state index in [0.717, 1.165) is 0 Å². The van der Waals surface area contributed by atoms with Crippen LogP contribution < -0.4 is 10.1 Å². The van der Waals surface area contributed by atoms with Crippen LogP contribution in [0.1, 0.15) is 17.0 Å². The number of furan rings is 1. The van der Waals surface area contributed by atoms with Crippen molar-refractivity contribution in [3.05, 3.63) is 53.4 Å². The van der Waals surface area contributed by atoms with Crippen molar-refractivity contribution < 1.29 is 18.7 Å². The van der Waals surface area contributed by atoms with Gasteiger partial charge in [0.05, 0.1) is 12.8 Å². The van der Waals surface area contributed by atoms with Crippen molar-refractivity contribution in [1.29, 1.82) is 0 Å². The second-order valence-corrected chi connectivity index (χ2v) is 5.54. The molecule has 24 heavy (non-hydrogen) atoms. The van der Waals surface area contributed by atoms with Crippen molar-refractivity contribution in [1.82, 2.24) is 10.2 Å². The molecule has 6 nitrogen and oxygen atoms in total. The van der Waals surface area contributed by atoms with Crippen LogP contribution in [0.4, 0.5) is 0 Å². The SMILES string of the molecule is CN(CCOc1ccc(Cl)cc1)C(=O)CCNC(=O)c1ccco1. The Labute approximate surface area is 145 Å². The van der Waals surface area contributed by atoms with Crippen LogP contribution in [-0.4, -0.2) is 43.5 Å². The van der Waals surface area contributed by atoms with Gasteiger partial charge in [-0.25, -0.2) is 0 Å². The van der Waals surface area contributed by atoms with E-state index in [9.17, 15) is 9.59 Å². The predicted octanol–water partition coefficient (Wildman–Crippen LogP) is 2.59. The fraction of sp³-hybridized carbons (Fsp3) is 0.294. The molecule has 0 aliphatic heterocycles. The van der Waals surface area contributed by atoms with Crippen molar-refractivity contribution in [2.24, 2.45) is 0 Å². The minimum absolute atomic E-state index is 0.0746. The van der Waals surface area contributed by atoms with Crippen LogP contribution in [0, 0.1) is 0 Å². The number of hydrogen-bond donors (Lipinski definition) is 1. The van der Waals surface area contributed by atoms with Gasteiger partial charge in [0.1, 0.15) is 12.4 Å². The summed E-state index contributed by atoms with van der Waals surface area (Å²) >= 11 is 5.80. The summed E-state index contributed by atoms with van der Waals surface area (Å²) < 4.78 is 10.5. The molecule has 128 valence electrons. The van der Waals surface area contributed by atoms with E-state index in [2.05, 4.69) is 5.32 Å². The van der Waals surface area contributed by atoms with Crippen LogP contribution in [0.2, 0.25) is 5.02 Å². The zero-order chi connectivity index (χ0) is 17.4. The molecule has 2 rings (SSSR count). The molecule has 7 heteroatoms. The Kier molecular flexibility index (Phi) is 6.69. The van der Waals surface area contributed by atoms with Crippen LogP contribution in [0.15, 0.2) is 47.1 Å². The number of halogens is 1. The highest BCUT2D eigenvalue weighted by atomic mass is 35.5. The molecule has 1 heterocycles. The number of carbonyl (C=O) groups excluding carboxylic acids is 2. The maximum absolute atomic E-state index is 12.0. The number of rotatable bonds is 8. The molecule has 0 radical (unpaired) electrons. The Hall–Kier alpha value is -2.47. The third-order valence-electron chi connectivity index (χ3n) is 3.30. The maximum Gasteiger partial charge on any atom is 0.286 e. The topological polar surface area (TPSA) is 71.8 Å². The molecule has 1 aromatic heterocycles. The van der Waals surface area contributed by atoms with E-state index in [1.54, 1.807) is 48.3 Å². The number of nitrogens with one attached hydrogen (secondary N) is 1. The first-order valence-corrected chi connectivity index (χ1v) is 7.88. The molecule has 0 fully saturated rings. The number of likely N-dealkylation sites (N-methyl/N-ethyl adjacent to an activating group) is 1. The van der Waals surface area contributed by atoms with Gasteiger partial charge < -0.3 is 19.4 Å². The van der Waals surface area contributed by atoms with E-state index in [0.29, 0.717) is 23.9 Å². The Morgan fingerprint density at radius 3 is 2.67 bits per heavy atom. The highest BCUT2D eigenvalue weighted by Crippen LogP contribution is 2.15. The molecule has 2 amide bonds. The third kappa shape index (κ3) is 5.62. The van der Waals surface area contributed by atoms with Gasteiger partial charge in [-0.15, -0.1) is 0 Å². The van der Waals surface area contributed by atoms with Crippen LogP contribution in [-0.2, 0) is 4.79 Å². The molecule has 0 aliphatic carbocycles. The maximum atomic E-state index is 12.0. The lowest BCUT2D eigenvalue weighted by Gasteiger charge is -2.17. The van der Waals surface area contributed by atoms with Crippen molar-refractivity contribution in [3.63, 3.8) is 0 Å². The van der Waals surface area contributed by atoms with E-state index < -0.39 is 0 Å². The fourth-order valence-corrected chi connectivity index (χ4v) is 2.05. The molecule has 2 aromatic rings. The Balaban J connectivity index is 1.63. The average molecular weight is 351 g/mol. The summed E-state index contributed by atoms with van der Waals surface area (Å²) in [6, 6.07) is 10.2. The molecule has 0 saturated carbocycles. The molecule has 1 N–H and O–H groups in total. The van der Waals surface area contributed by atoms with Crippen molar-refractivity contribution >= 4 is 23.4 Å². The summed E-state index contributed by atoms with van der Waals surface area (Å²) in [6.07, 6.45) is 1.64. The van der Waals surface area contributed by atoms with Gasteiger partial charge in [-0.05, 0) is 36.4 Å². The number of benzene rings is 1. The highest BCUT2D eigenvalue weighted by molar-refractivity contribution is 6.30. The van der Waals surface area contributed by atoms with Gasteiger partial charge in [-0.1, -0.05) is 11.6 Å². The Morgan fingerprint density at radius 1 is 1.25 bits per heavy atom. The number of nitrogens with zero attached hydrogens (tertiary/aromatic N) is 1. The molecular weight excluding hydrogens is 332 g/mol. The van der Waals surface area contributed by atoms with Gasteiger partial charge in [0.15, 0.2) is 5.76 Å². The summed E-state index contributed by atoms with van der Waals surface area (Å²) in [7, 11) is 1.70. The minimum atomic E-state index is -0.332. The molecule has 1 aromatic carbocycles. The number of hydrogen-bond acceptors (Lipinski definition) is 4. The first-order chi connectivity index (χ1) is 11.6. The second-order valence-electron chi connectivity index (χ2n) is 5.10. The van der Waals surface area contributed by atoms with E-state index >= 15 is 0 Å². The molecule has 0 spiro atoms. The normalized spacial score (nSPS) is 10.2. The Morgan fingerprint density at radius 2 is 2.00 bits per heavy atom. The first-order valence-electron chi connectivity index (χ1n) is 7.50. The van der Waals surface area contributed by atoms with Gasteiger partial charge in [-0.3, -0.25) is 9.59 Å². The van der Waals surface area contributed by atoms with Gasteiger partial charge >= 0.3 is 0 Å².